The van der Waals surface area contributed by atoms with Crippen LogP contribution in [-0.4, -0.2) is 25.8 Å². The van der Waals surface area contributed by atoms with Crippen molar-refractivity contribution >= 4 is 17.3 Å². The van der Waals surface area contributed by atoms with Crippen LogP contribution in [0.4, 0.5) is 0 Å². The predicted molar refractivity (Wildman–Crippen MR) is 72.3 cm³/mol. The highest BCUT2D eigenvalue weighted by Gasteiger charge is 2.30. The first-order valence-electron chi connectivity index (χ1n) is 6.44. The molecule has 100 valence electrons. The molecular formula is C13H15N3O2S. The molecule has 2 aromatic heterocycles. The average Bonchev–Trinajstić information content (AvgIpc) is 3.03. The van der Waals surface area contributed by atoms with Gasteiger partial charge in [-0.25, -0.2) is 4.98 Å². The third-order valence-corrected chi connectivity index (χ3v) is 4.64. The molecule has 2 heterocycles. The lowest BCUT2D eigenvalue weighted by atomic mass is 9.91. The van der Waals surface area contributed by atoms with E-state index in [0.717, 1.165) is 40.5 Å². The Morgan fingerprint density at radius 2 is 2.47 bits per heavy atom. The number of aliphatic carboxylic acids is 1. The van der Waals surface area contributed by atoms with Gasteiger partial charge in [0.25, 0.3) is 0 Å². The first-order valence-corrected chi connectivity index (χ1v) is 7.26. The van der Waals surface area contributed by atoms with Crippen molar-refractivity contribution in [3.63, 3.8) is 0 Å². The van der Waals surface area contributed by atoms with Gasteiger partial charge in [-0.05, 0) is 26.2 Å². The molecule has 1 unspecified atom stereocenters. The second-order valence-corrected chi connectivity index (χ2v) is 5.78. The number of carboxylic acid groups (broad SMARTS) is 1. The Morgan fingerprint density at radius 1 is 1.63 bits per heavy atom. The van der Waals surface area contributed by atoms with Crippen LogP contribution < -0.4 is 0 Å². The molecule has 0 fully saturated rings. The summed E-state index contributed by atoms with van der Waals surface area (Å²) in [5.41, 5.74) is 1.74. The van der Waals surface area contributed by atoms with E-state index in [4.69, 9.17) is 0 Å². The normalized spacial score (nSPS) is 18.3. The molecule has 1 aliphatic rings. The Kier molecular flexibility index (Phi) is 3.10. The lowest BCUT2D eigenvalue weighted by molar-refractivity contribution is -0.139. The highest BCUT2D eigenvalue weighted by atomic mass is 32.1. The van der Waals surface area contributed by atoms with Crippen molar-refractivity contribution in [1.29, 1.82) is 0 Å². The maximum absolute atomic E-state index is 11.3. The minimum absolute atomic E-state index is 0.435. The third-order valence-electron chi connectivity index (χ3n) is 3.46. The largest absolute Gasteiger partial charge is 0.481 e. The SMILES string of the molecule is CCn1cc(-c2nc3c(s2)CCCC3C(=O)O)cn1. The van der Waals surface area contributed by atoms with E-state index in [-0.39, 0.29) is 0 Å². The molecule has 0 aromatic carbocycles. The monoisotopic (exact) mass is 277 g/mol. The Hall–Kier alpha value is -1.69. The Bertz CT molecular complexity index is 617. The summed E-state index contributed by atoms with van der Waals surface area (Å²) < 4.78 is 1.85. The van der Waals surface area contributed by atoms with Gasteiger partial charge >= 0.3 is 5.97 Å². The highest BCUT2D eigenvalue weighted by molar-refractivity contribution is 7.15. The highest BCUT2D eigenvalue weighted by Crippen LogP contribution is 2.38. The van der Waals surface area contributed by atoms with Gasteiger partial charge in [-0.3, -0.25) is 9.48 Å². The number of aryl methyl sites for hydroxylation is 2. The summed E-state index contributed by atoms with van der Waals surface area (Å²) in [6.07, 6.45) is 6.32. The number of nitrogens with zero attached hydrogens (tertiary/aromatic N) is 3. The molecule has 0 radical (unpaired) electrons. The average molecular weight is 277 g/mol. The minimum atomic E-state index is -0.762. The van der Waals surface area contributed by atoms with Crippen molar-refractivity contribution in [2.45, 2.75) is 38.6 Å². The van der Waals surface area contributed by atoms with Crippen molar-refractivity contribution in [1.82, 2.24) is 14.8 Å². The fourth-order valence-corrected chi connectivity index (χ4v) is 3.57. The van der Waals surface area contributed by atoms with Crippen LogP contribution in [0.2, 0.25) is 0 Å². The summed E-state index contributed by atoms with van der Waals surface area (Å²) in [5, 5.41) is 14.4. The smallest absolute Gasteiger partial charge is 0.312 e. The van der Waals surface area contributed by atoms with E-state index < -0.39 is 11.9 Å². The zero-order chi connectivity index (χ0) is 13.4. The van der Waals surface area contributed by atoms with E-state index in [9.17, 15) is 9.90 Å². The number of thiazole rings is 1. The maximum atomic E-state index is 11.3. The lowest BCUT2D eigenvalue weighted by Gasteiger charge is -2.16. The van der Waals surface area contributed by atoms with Gasteiger partial charge in [-0.15, -0.1) is 11.3 Å². The topological polar surface area (TPSA) is 68.0 Å². The Morgan fingerprint density at radius 3 is 3.16 bits per heavy atom. The van der Waals surface area contributed by atoms with Gasteiger partial charge in [0.15, 0.2) is 0 Å². The molecule has 0 spiro atoms. The molecule has 3 rings (SSSR count). The van der Waals surface area contributed by atoms with Gasteiger partial charge in [0, 0.05) is 23.2 Å². The molecule has 0 amide bonds. The van der Waals surface area contributed by atoms with Crippen LogP contribution in [0.5, 0.6) is 0 Å². The number of carboxylic acids is 1. The fraction of sp³-hybridized carbons (Fsp3) is 0.462. The summed E-state index contributed by atoms with van der Waals surface area (Å²) in [5.74, 6) is -1.20. The molecule has 0 aliphatic heterocycles. The molecule has 0 saturated carbocycles. The van der Waals surface area contributed by atoms with Crippen LogP contribution in [0, 0.1) is 0 Å². The van der Waals surface area contributed by atoms with Gasteiger partial charge in [0.1, 0.15) is 5.01 Å². The van der Waals surface area contributed by atoms with E-state index >= 15 is 0 Å². The summed E-state index contributed by atoms with van der Waals surface area (Å²) in [6.45, 7) is 2.85. The van der Waals surface area contributed by atoms with Gasteiger partial charge < -0.3 is 5.11 Å². The number of aromatic nitrogens is 3. The van der Waals surface area contributed by atoms with Crippen molar-refractivity contribution in [2.75, 3.05) is 0 Å². The maximum Gasteiger partial charge on any atom is 0.312 e. The Balaban J connectivity index is 1.99. The van der Waals surface area contributed by atoms with Crippen molar-refractivity contribution in [3.05, 3.63) is 23.0 Å². The molecule has 1 atom stereocenters. The Labute approximate surface area is 114 Å². The van der Waals surface area contributed by atoms with Gasteiger partial charge in [-0.2, -0.15) is 5.10 Å². The van der Waals surface area contributed by atoms with Crippen LogP contribution in [0.15, 0.2) is 12.4 Å². The third kappa shape index (κ3) is 2.16. The van der Waals surface area contributed by atoms with E-state index in [2.05, 4.69) is 10.1 Å². The molecule has 0 bridgehead atoms. The van der Waals surface area contributed by atoms with Crippen molar-refractivity contribution < 1.29 is 9.90 Å². The molecule has 5 nitrogen and oxygen atoms in total. The van der Waals surface area contributed by atoms with Crippen LogP contribution >= 0.6 is 11.3 Å². The molecule has 1 aliphatic carbocycles. The molecule has 2 aromatic rings. The second kappa shape index (κ2) is 4.77. The molecule has 1 N–H and O–H groups in total. The van der Waals surface area contributed by atoms with E-state index in [1.54, 1.807) is 17.5 Å². The van der Waals surface area contributed by atoms with E-state index in [0.29, 0.717) is 6.42 Å². The van der Waals surface area contributed by atoms with Gasteiger partial charge in [-0.1, -0.05) is 0 Å². The molecule has 0 saturated heterocycles. The fourth-order valence-electron chi connectivity index (χ4n) is 2.43. The zero-order valence-electron chi connectivity index (χ0n) is 10.7. The van der Waals surface area contributed by atoms with Gasteiger partial charge in [0.2, 0.25) is 0 Å². The van der Waals surface area contributed by atoms with E-state index in [1.165, 1.54) is 0 Å². The number of rotatable bonds is 3. The molecule has 6 heteroatoms. The van der Waals surface area contributed by atoms with Crippen molar-refractivity contribution in [2.24, 2.45) is 0 Å². The van der Waals surface area contributed by atoms with Crippen LogP contribution in [0.25, 0.3) is 10.6 Å². The number of hydrogen-bond donors (Lipinski definition) is 1. The quantitative estimate of drug-likeness (QED) is 0.936. The van der Waals surface area contributed by atoms with Crippen LogP contribution in [0.3, 0.4) is 0 Å². The summed E-state index contributed by atoms with van der Waals surface area (Å²) in [4.78, 5) is 16.9. The van der Waals surface area contributed by atoms with Crippen LogP contribution in [0.1, 0.15) is 36.3 Å². The first kappa shape index (κ1) is 12.3. The van der Waals surface area contributed by atoms with E-state index in [1.807, 2.05) is 17.8 Å². The molecule has 19 heavy (non-hydrogen) atoms. The predicted octanol–water partition coefficient (Wildman–Crippen LogP) is 2.53. The number of hydrogen-bond acceptors (Lipinski definition) is 4. The molecular weight excluding hydrogens is 262 g/mol. The van der Waals surface area contributed by atoms with Crippen LogP contribution in [-0.2, 0) is 17.8 Å². The summed E-state index contributed by atoms with van der Waals surface area (Å²) >= 11 is 1.61. The van der Waals surface area contributed by atoms with Crippen molar-refractivity contribution in [3.8, 4) is 10.6 Å². The second-order valence-electron chi connectivity index (χ2n) is 4.70. The standard InChI is InChI=1S/C13H15N3O2S/c1-2-16-7-8(6-14-16)12-15-11-9(13(17)18)4-3-5-10(11)19-12/h6-7,9H,2-5H2,1H3,(H,17,18). The van der Waals surface area contributed by atoms with Gasteiger partial charge in [0.05, 0.1) is 17.8 Å². The minimum Gasteiger partial charge on any atom is -0.481 e. The first-order chi connectivity index (χ1) is 9.19. The zero-order valence-corrected chi connectivity index (χ0v) is 11.5. The number of fused-ring (bicyclic) bond motifs is 1. The number of carbonyl (C=O) groups is 1. The lowest BCUT2D eigenvalue weighted by Crippen LogP contribution is -2.17. The summed E-state index contributed by atoms with van der Waals surface area (Å²) in [6, 6.07) is 0. The summed E-state index contributed by atoms with van der Waals surface area (Å²) in [7, 11) is 0.